The number of nitrogens with one attached hydrogen (secondary N) is 4. The molecule has 1 aliphatic rings. The van der Waals surface area contributed by atoms with Crippen molar-refractivity contribution in [3.63, 3.8) is 0 Å². The minimum absolute atomic E-state index is 0.0286. The number of hydrogen-bond acceptors (Lipinski definition) is 5. The molecule has 0 bridgehead atoms. The van der Waals surface area contributed by atoms with Crippen LogP contribution in [-0.4, -0.2) is 21.8 Å². The molecule has 8 nitrogen and oxygen atoms in total. The number of nitrogens with zero attached hydrogens (tertiary/aromatic N) is 1. The Morgan fingerprint density at radius 2 is 1.75 bits per heavy atom. The highest BCUT2D eigenvalue weighted by molar-refractivity contribution is 6.35. The second kappa shape index (κ2) is 8.64. The second-order valence-electron chi connectivity index (χ2n) is 7.55. The molecule has 2 aromatic carbocycles. The third kappa shape index (κ3) is 4.61. The first kappa shape index (κ1) is 21.9. The van der Waals surface area contributed by atoms with Gasteiger partial charge in [-0.2, -0.15) is 4.98 Å². The maximum Gasteiger partial charge on any atom is 0.258 e. The summed E-state index contributed by atoms with van der Waals surface area (Å²) in [6, 6.07) is 10.3. The van der Waals surface area contributed by atoms with Crippen molar-refractivity contribution in [2.75, 3.05) is 16.0 Å². The number of aromatic amines is 1. The van der Waals surface area contributed by atoms with Crippen molar-refractivity contribution >= 4 is 58.2 Å². The Bertz CT molecular complexity index is 1280. The Labute approximate surface area is 193 Å². The molecular formula is C22H19Cl2N5O3. The molecule has 2 amide bonds. The fraction of sp³-hybridized carbons (Fsp3) is 0.182. The summed E-state index contributed by atoms with van der Waals surface area (Å²) in [4.78, 5) is 45.0. The number of halogens is 2. The number of aryl methyl sites for hydroxylation is 2. The summed E-state index contributed by atoms with van der Waals surface area (Å²) in [6.07, 6.45) is -0.162. The minimum atomic E-state index is -0.980. The molecule has 4 N–H and O–H groups in total. The van der Waals surface area contributed by atoms with Crippen LogP contribution in [-0.2, 0) is 9.59 Å². The van der Waals surface area contributed by atoms with Crippen molar-refractivity contribution in [1.82, 2.24) is 9.97 Å². The summed E-state index contributed by atoms with van der Waals surface area (Å²) in [5, 5.41) is 9.06. The summed E-state index contributed by atoms with van der Waals surface area (Å²) >= 11 is 12.0. The smallest absolute Gasteiger partial charge is 0.258 e. The van der Waals surface area contributed by atoms with Crippen molar-refractivity contribution in [3.8, 4) is 0 Å². The number of amides is 2. The van der Waals surface area contributed by atoms with Crippen LogP contribution in [0.25, 0.3) is 0 Å². The molecule has 0 spiro atoms. The monoisotopic (exact) mass is 471 g/mol. The van der Waals surface area contributed by atoms with Gasteiger partial charge in [-0.15, -0.1) is 0 Å². The number of carbonyl (C=O) groups is 2. The highest BCUT2D eigenvalue weighted by Gasteiger charge is 2.34. The van der Waals surface area contributed by atoms with Crippen molar-refractivity contribution in [1.29, 1.82) is 0 Å². The van der Waals surface area contributed by atoms with Crippen LogP contribution in [0.15, 0.2) is 41.2 Å². The zero-order valence-corrected chi connectivity index (χ0v) is 18.7. The summed E-state index contributed by atoms with van der Waals surface area (Å²) in [5.74, 6) is -1.75. The molecule has 1 atom stereocenters. The van der Waals surface area contributed by atoms with Gasteiger partial charge in [-0.05, 0) is 55.3 Å². The number of fused-ring (bicyclic) bond motifs is 1. The Morgan fingerprint density at radius 1 is 1.03 bits per heavy atom. The number of rotatable bonds is 4. The maximum atomic E-state index is 13.0. The van der Waals surface area contributed by atoms with Gasteiger partial charge < -0.3 is 16.0 Å². The van der Waals surface area contributed by atoms with E-state index in [1.54, 1.807) is 24.3 Å². The molecule has 0 aliphatic carbocycles. The van der Waals surface area contributed by atoms with Crippen LogP contribution in [0.4, 0.5) is 23.1 Å². The van der Waals surface area contributed by atoms with Gasteiger partial charge >= 0.3 is 0 Å². The zero-order chi connectivity index (χ0) is 23.0. The molecule has 0 saturated heterocycles. The molecule has 0 saturated carbocycles. The molecule has 10 heteroatoms. The predicted molar refractivity (Wildman–Crippen MR) is 125 cm³/mol. The SMILES string of the molecule is Cc1ccc(NC(=O)C2CC(=O)Nc3nc(Nc4cc(Cl)cc(Cl)c4)[nH]c(=O)c32)cc1C. The van der Waals surface area contributed by atoms with Crippen molar-refractivity contribution < 1.29 is 9.59 Å². The number of benzene rings is 2. The van der Waals surface area contributed by atoms with Gasteiger partial charge in [0.05, 0.1) is 11.5 Å². The van der Waals surface area contributed by atoms with E-state index in [2.05, 4.69) is 25.9 Å². The highest BCUT2D eigenvalue weighted by atomic mass is 35.5. The summed E-state index contributed by atoms with van der Waals surface area (Å²) in [7, 11) is 0. The number of carbonyl (C=O) groups excluding carboxylic acids is 2. The number of hydrogen-bond donors (Lipinski definition) is 4. The quantitative estimate of drug-likeness (QED) is 0.446. The van der Waals surface area contributed by atoms with Crippen LogP contribution in [0.1, 0.15) is 29.0 Å². The molecular weight excluding hydrogens is 453 g/mol. The van der Waals surface area contributed by atoms with Gasteiger partial charge in [0.2, 0.25) is 17.8 Å². The minimum Gasteiger partial charge on any atom is -0.326 e. The first-order chi connectivity index (χ1) is 15.2. The van der Waals surface area contributed by atoms with E-state index in [0.29, 0.717) is 21.4 Å². The number of aromatic nitrogens is 2. The Kier molecular flexibility index (Phi) is 5.90. The Balaban J connectivity index is 1.64. The summed E-state index contributed by atoms with van der Waals surface area (Å²) in [6.45, 7) is 3.90. The summed E-state index contributed by atoms with van der Waals surface area (Å²) in [5.41, 5.74) is 2.75. The third-order valence-corrected chi connectivity index (χ3v) is 5.60. The topological polar surface area (TPSA) is 116 Å². The van der Waals surface area contributed by atoms with Gasteiger partial charge in [0.1, 0.15) is 5.82 Å². The van der Waals surface area contributed by atoms with Gasteiger partial charge in [-0.1, -0.05) is 29.3 Å². The van der Waals surface area contributed by atoms with E-state index in [-0.39, 0.29) is 23.8 Å². The molecule has 164 valence electrons. The van der Waals surface area contributed by atoms with Crippen molar-refractivity contribution in [3.05, 3.63) is 73.5 Å². The lowest BCUT2D eigenvalue weighted by molar-refractivity contribution is -0.123. The van der Waals surface area contributed by atoms with Crippen LogP contribution in [0.2, 0.25) is 10.0 Å². The second-order valence-corrected chi connectivity index (χ2v) is 8.43. The van der Waals surface area contributed by atoms with Crippen molar-refractivity contribution in [2.24, 2.45) is 0 Å². The molecule has 32 heavy (non-hydrogen) atoms. The molecule has 4 rings (SSSR count). The zero-order valence-electron chi connectivity index (χ0n) is 17.2. The van der Waals surface area contributed by atoms with Crippen LogP contribution < -0.4 is 21.5 Å². The van der Waals surface area contributed by atoms with Gasteiger partial charge in [0.15, 0.2) is 0 Å². The van der Waals surface area contributed by atoms with E-state index >= 15 is 0 Å². The third-order valence-electron chi connectivity index (χ3n) is 5.17. The fourth-order valence-electron chi connectivity index (χ4n) is 3.47. The first-order valence-electron chi connectivity index (χ1n) is 9.75. The standard InChI is InChI=1S/C22H19Cl2N5O3/c1-10-3-4-14(5-11(10)2)25-20(31)16-9-17(30)27-19-18(16)21(32)29-22(28-19)26-15-7-12(23)6-13(24)8-15/h3-8,16H,9H2,1-2H3,(H,25,31)(H3,26,27,28,29,30,32). The van der Waals surface area contributed by atoms with Crippen LogP contribution >= 0.6 is 23.2 Å². The maximum absolute atomic E-state index is 13.0. The number of H-pyrrole nitrogens is 1. The average Bonchev–Trinajstić information content (AvgIpc) is 2.69. The lowest BCUT2D eigenvalue weighted by atomic mass is 9.92. The van der Waals surface area contributed by atoms with Crippen LogP contribution in [0.5, 0.6) is 0 Å². The van der Waals surface area contributed by atoms with Crippen molar-refractivity contribution in [2.45, 2.75) is 26.2 Å². The molecule has 3 aromatic rings. The normalized spacial score (nSPS) is 15.0. The highest BCUT2D eigenvalue weighted by Crippen LogP contribution is 2.31. The summed E-state index contributed by atoms with van der Waals surface area (Å²) < 4.78 is 0. The largest absolute Gasteiger partial charge is 0.326 e. The van der Waals surface area contributed by atoms with Gasteiger partial charge in [0, 0.05) is 27.8 Å². The Morgan fingerprint density at radius 3 is 2.44 bits per heavy atom. The molecule has 1 aliphatic heterocycles. The van der Waals surface area contributed by atoms with Gasteiger partial charge in [-0.25, -0.2) is 0 Å². The van der Waals surface area contributed by atoms with Gasteiger partial charge in [0.25, 0.3) is 5.56 Å². The lowest BCUT2D eigenvalue weighted by Crippen LogP contribution is -2.36. The lowest BCUT2D eigenvalue weighted by Gasteiger charge is -2.23. The van der Waals surface area contributed by atoms with E-state index in [1.807, 2.05) is 26.0 Å². The fourth-order valence-corrected chi connectivity index (χ4v) is 3.99. The van der Waals surface area contributed by atoms with Crippen LogP contribution in [0.3, 0.4) is 0 Å². The van der Waals surface area contributed by atoms with E-state index in [1.165, 1.54) is 0 Å². The molecule has 0 radical (unpaired) electrons. The van der Waals surface area contributed by atoms with E-state index in [0.717, 1.165) is 11.1 Å². The van der Waals surface area contributed by atoms with Gasteiger partial charge in [-0.3, -0.25) is 19.4 Å². The van der Waals surface area contributed by atoms with Crippen LogP contribution in [0, 0.1) is 13.8 Å². The first-order valence-corrected chi connectivity index (χ1v) is 10.5. The Hall–Kier alpha value is -3.36. The van der Waals surface area contributed by atoms with E-state index in [4.69, 9.17) is 23.2 Å². The molecule has 0 fully saturated rings. The van der Waals surface area contributed by atoms with E-state index in [9.17, 15) is 14.4 Å². The average molecular weight is 472 g/mol. The molecule has 1 unspecified atom stereocenters. The number of anilines is 4. The van der Waals surface area contributed by atoms with E-state index < -0.39 is 23.3 Å². The molecule has 2 heterocycles. The predicted octanol–water partition coefficient (Wildman–Crippen LogP) is 4.50. The molecule has 1 aromatic heterocycles.